The van der Waals surface area contributed by atoms with Gasteiger partial charge in [-0.05, 0) is 23.8 Å². The lowest BCUT2D eigenvalue weighted by Gasteiger charge is -2.03. The molecule has 0 saturated heterocycles. The molecule has 0 bridgehead atoms. The maximum Gasteiger partial charge on any atom is 0.280 e. The van der Waals surface area contributed by atoms with E-state index in [0.717, 1.165) is 11.3 Å². The zero-order chi connectivity index (χ0) is 10.1. The smallest absolute Gasteiger partial charge is 0.280 e. The third-order valence-electron chi connectivity index (χ3n) is 1.98. The van der Waals surface area contributed by atoms with Crippen LogP contribution in [0, 0.1) is 0 Å². The molecule has 0 radical (unpaired) electrons. The van der Waals surface area contributed by atoms with Crippen LogP contribution >= 0.6 is 12.6 Å². The van der Waals surface area contributed by atoms with Crippen LogP contribution in [-0.2, 0) is 11.2 Å². The van der Waals surface area contributed by atoms with Crippen LogP contribution in [0.2, 0.25) is 0 Å². The van der Waals surface area contributed by atoms with Crippen LogP contribution in [0.25, 0.3) is 0 Å². The molecule has 0 fully saturated rings. The fourth-order valence-corrected chi connectivity index (χ4v) is 1.56. The van der Waals surface area contributed by atoms with Crippen LogP contribution in [0.4, 0.5) is 16.2 Å². The number of hydrogen-bond acceptors (Lipinski definition) is 2. The monoisotopic (exact) mass is 208 g/mol. The normalized spacial score (nSPS) is 13.4. The van der Waals surface area contributed by atoms with E-state index in [9.17, 15) is 9.59 Å². The summed E-state index contributed by atoms with van der Waals surface area (Å²) < 4.78 is 0. The number of benzene rings is 1. The van der Waals surface area contributed by atoms with Gasteiger partial charge in [0.05, 0.1) is 6.42 Å². The minimum atomic E-state index is -0.415. The van der Waals surface area contributed by atoms with E-state index in [1.54, 1.807) is 18.2 Å². The summed E-state index contributed by atoms with van der Waals surface area (Å²) in [5, 5.41) is 4.83. The van der Waals surface area contributed by atoms with Crippen LogP contribution in [0.1, 0.15) is 5.56 Å². The van der Waals surface area contributed by atoms with Gasteiger partial charge in [0.25, 0.3) is 5.24 Å². The van der Waals surface area contributed by atoms with Crippen molar-refractivity contribution in [3.8, 4) is 0 Å². The average molecular weight is 208 g/mol. The number of nitrogens with one attached hydrogen (secondary N) is 2. The number of carbonyl (C=O) groups excluding carboxylic acids is 2. The average Bonchev–Trinajstić information content (AvgIpc) is 2.42. The second kappa shape index (κ2) is 3.34. The van der Waals surface area contributed by atoms with Crippen molar-refractivity contribution in [1.29, 1.82) is 0 Å². The molecule has 1 aromatic rings. The van der Waals surface area contributed by atoms with E-state index in [1.807, 2.05) is 0 Å². The fourth-order valence-electron chi connectivity index (χ4n) is 1.43. The molecule has 2 N–H and O–H groups in total. The van der Waals surface area contributed by atoms with Crippen molar-refractivity contribution in [3.63, 3.8) is 0 Å². The first-order chi connectivity index (χ1) is 6.65. The van der Waals surface area contributed by atoms with Gasteiger partial charge < -0.3 is 10.6 Å². The molecule has 5 heteroatoms. The number of anilines is 2. The maximum absolute atomic E-state index is 11.0. The zero-order valence-electron chi connectivity index (χ0n) is 7.20. The number of rotatable bonds is 1. The van der Waals surface area contributed by atoms with Gasteiger partial charge in [0.2, 0.25) is 5.91 Å². The lowest BCUT2D eigenvalue weighted by atomic mass is 10.1. The third kappa shape index (κ3) is 1.72. The van der Waals surface area contributed by atoms with Crippen molar-refractivity contribution in [2.45, 2.75) is 6.42 Å². The Hall–Kier alpha value is -1.49. The summed E-state index contributed by atoms with van der Waals surface area (Å²) in [6.07, 6.45) is 0.367. The van der Waals surface area contributed by atoms with E-state index >= 15 is 0 Å². The molecule has 1 aliphatic heterocycles. The number of carbonyl (C=O) groups is 2. The lowest BCUT2D eigenvalue weighted by molar-refractivity contribution is -0.115. The van der Waals surface area contributed by atoms with E-state index in [4.69, 9.17) is 0 Å². The molecule has 0 atom stereocenters. The highest BCUT2D eigenvalue weighted by molar-refractivity contribution is 7.96. The Kier molecular flexibility index (Phi) is 2.17. The highest BCUT2D eigenvalue weighted by atomic mass is 32.1. The maximum atomic E-state index is 11.0. The summed E-state index contributed by atoms with van der Waals surface area (Å²) in [6, 6.07) is 5.25. The minimum absolute atomic E-state index is 0.0191. The molecule has 0 spiro atoms. The van der Waals surface area contributed by atoms with Crippen molar-refractivity contribution in [2.24, 2.45) is 0 Å². The first-order valence-corrected chi connectivity index (χ1v) is 4.52. The summed E-state index contributed by atoms with van der Waals surface area (Å²) in [5.74, 6) is -0.0191. The van der Waals surface area contributed by atoms with Crippen molar-refractivity contribution in [1.82, 2.24) is 0 Å². The van der Waals surface area contributed by atoms with E-state index in [-0.39, 0.29) is 5.91 Å². The van der Waals surface area contributed by atoms with Crippen LogP contribution in [0.15, 0.2) is 18.2 Å². The molecule has 1 heterocycles. The highest BCUT2D eigenvalue weighted by Gasteiger charge is 2.17. The van der Waals surface area contributed by atoms with Gasteiger partial charge in [-0.3, -0.25) is 9.59 Å². The minimum Gasteiger partial charge on any atom is -0.326 e. The van der Waals surface area contributed by atoms with Crippen molar-refractivity contribution >= 4 is 35.1 Å². The molecule has 2 amide bonds. The first kappa shape index (κ1) is 9.08. The molecule has 1 aromatic carbocycles. The Morgan fingerprint density at radius 3 is 3.00 bits per heavy atom. The van der Waals surface area contributed by atoms with E-state index in [0.29, 0.717) is 12.1 Å². The van der Waals surface area contributed by atoms with E-state index < -0.39 is 5.24 Å². The molecule has 4 nitrogen and oxygen atoms in total. The topological polar surface area (TPSA) is 58.2 Å². The van der Waals surface area contributed by atoms with Gasteiger partial charge in [0, 0.05) is 11.4 Å². The van der Waals surface area contributed by atoms with Crippen LogP contribution in [-0.4, -0.2) is 11.1 Å². The van der Waals surface area contributed by atoms with Gasteiger partial charge in [-0.25, -0.2) is 0 Å². The predicted octanol–water partition coefficient (Wildman–Crippen LogP) is 1.64. The zero-order valence-corrected chi connectivity index (χ0v) is 8.10. The Morgan fingerprint density at radius 2 is 2.29 bits per heavy atom. The Balaban J connectivity index is 2.28. The molecule has 72 valence electrons. The molecule has 14 heavy (non-hydrogen) atoms. The quantitative estimate of drug-likeness (QED) is 0.614. The molecule has 0 saturated carbocycles. The summed E-state index contributed by atoms with van der Waals surface area (Å²) in [5.41, 5.74) is 2.36. The first-order valence-electron chi connectivity index (χ1n) is 4.08. The van der Waals surface area contributed by atoms with Crippen LogP contribution in [0.3, 0.4) is 0 Å². The Morgan fingerprint density at radius 1 is 1.50 bits per heavy atom. The molecule has 1 aliphatic rings. The SMILES string of the molecule is O=C(S)Nc1ccc2c(c1)CC(=O)N2. The summed E-state index contributed by atoms with van der Waals surface area (Å²) in [6.45, 7) is 0. The van der Waals surface area contributed by atoms with Gasteiger partial charge in [-0.15, -0.1) is 0 Å². The number of amides is 2. The van der Waals surface area contributed by atoms with Crippen molar-refractivity contribution in [2.75, 3.05) is 10.6 Å². The van der Waals surface area contributed by atoms with Crippen molar-refractivity contribution in [3.05, 3.63) is 23.8 Å². The predicted molar refractivity (Wildman–Crippen MR) is 56.8 cm³/mol. The van der Waals surface area contributed by atoms with Gasteiger partial charge in [-0.1, -0.05) is 12.6 Å². The largest absolute Gasteiger partial charge is 0.326 e. The molecular weight excluding hydrogens is 200 g/mol. The van der Waals surface area contributed by atoms with Crippen LogP contribution in [0.5, 0.6) is 0 Å². The molecule has 0 aromatic heterocycles. The number of thiol groups is 1. The second-order valence-corrected chi connectivity index (χ2v) is 3.43. The highest BCUT2D eigenvalue weighted by Crippen LogP contribution is 2.25. The molecule has 0 aliphatic carbocycles. The van der Waals surface area contributed by atoms with Gasteiger partial charge >= 0.3 is 0 Å². The second-order valence-electron chi connectivity index (χ2n) is 3.03. The molecule has 0 unspecified atom stereocenters. The van der Waals surface area contributed by atoms with E-state index in [1.165, 1.54) is 0 Å². The molecular formula is C9H8N2O2S. The van der Waals surface area contributed by atoms with Gasteiger partial charge in [0.1, 0.15) is 0 Å². The lowest BCUT2D eigenvalue weighted by Crippen LogP contribution is -2.03. The van der Waals surface area contributed by atoms with Crippen LogP contribution < -0.4 is 10.6 Å². The summed E-state index contributed by atoms with van der Waals surface area (Å²) in [4.78, 5) is 21.7. The van der Waals surface area contributed by atoms with Gasteiger partial charge in [-0.2, -0.15) is 0 Å². The van der Waals surface area contributed by atoms with Crippen molar-refractivity contribution < 1.29 is 9.59 Å². The number of hydrogen-bond donors (Lipinski definition) is 3. The molecule has 2 rings (SSSR count). The Labute approximate surface area is 86.1 Å². The summed E-state index contributed by atoms with van der Waals surface area (Å²) >= 11 is 3.60. The summed E-state index contributed by atoms with van der Waals surface area (Å²) in [7, 11) is 0. The standard InChI is InChI=1S/C9H8N2O2S/c12-8-4-5-3-6(10-9(13)14)1-2-7(5)11-8/h1-3H,4H2,(H,11,12)(H2,10,13,14). The van der Waals surface area contributed by atoms with E-state index in [2.05, 4.69) is 23.3 Å². The fraction of sp³-hybridized carbons (Fsp3) is 0.111. The number of fused-ring (bicyclic) bond motifs is 1. The third-order valence-corrected chi connectivity index (χ3v) is 2.09. The Bertz CT molecular complexity index is 417. The van der Waals surface area contributed by atoms with Gasteiger partial charge in [0.15, 0.2) is 0 Å².